The number of amides is 1. The summed E-state index contributed by atoms with van der Waals surface area (Å²) in [5.41, 5.74) is 2.62. The van der Waals surface area contributed by atoms with Crippen LogP contribution < -0.4 is 10.2 Å². The number of rotatable bonds is 7. The molecule has 4 rings (SSSR count). The van der Waals surface area contributed by atoms with E-state index in [-0.39, 0.29) is 11.8 Å². The molecule has 30 heavy (non-hydrogen) atoms. The lowest BCUT2D eigenvalue weighted by Gasteiger charge is -2.34. The number of hydrogen-bond donors (Lipinski definition) is 1. The van der Waals surface area contributed by atoms with E-state index in [0.717, 1.165) is 58.0 Å². The van der Waals surface area contributed by atoms with Gasteiger partial charge in [-0.05, 0) is 68.8 Å². The number of carbonyl (C=O) groups is 1. The maximum atomic E-state index is 12.7. The molecule has 2 aliphatic rings. The van der Waals surface area contributed by atoms with E-state index in [2.05, 4.69) is 50.4 Å². The van der Waals surface area contributed by atoms with E-state index >= 15 is 0 Å². The number of pyridine rings is 1. The van der Waals surface area contributed by atoms with Gasteiger partial charge in [0.15, 0.2) is 0 Å². The lowest BCUT2D eigenvalue weighted by Crippen LogP contribution is -2.45. The maximum Gasteiger partial charge on any atom is 0.224 e. The van der Waals surface area contributed by atoms with Gasteiger partial charge in [0, 0.05) is 44.3 Å². The monoisotopic (exact) mass is 406 g/mol. The first-order chi connectivity index (χ1) is 14.8. The van der Waals surface area contributed by atoms with Crippen molar-refractivity contribution < 1.29 is 4.79 Å². The van der Waals surface area contributed by atoms with E-state index in [1.54, 1.807) is 0 Å². The minimum absolute atomic E-state index is 0.0866. The molecule has 2 saturated heterocycles. The molecule has 2 aromatic rings. The largest absolute Gasteiger partial charge is 0.371 e. The molecule has 0 spiro atoms. The van der Waals surface area contributed by atoms with Crippen LogP contribution >= 0.6 is 0 Å². The predicted molar refractivity (Wildman–Crippen MR) is 121 cm³/mol. The van der Waals surface area contributed by atoms with Gasteiger partial charge in [-0.3, -0.25) is 9.78 Å². The van der Waals surface area contributed by atoms with E-state index in [0.29, 0.717) is 0 Å². The fourth-order valence-corrected chi connectivity index (χ4v) is 4.82. The topological polar surface area (TPSA) is 48.5 Å². The number of nitrogens with one attached hydrogen (secondary N) is 1. The van der Waals surface area contributed by atoms with Crippen molar-refractivity contribution in [2.75, 3.05) is 44.2 Å². The second-order valence-electron chi connectivity index (χ2n) is 8.76. The first-order valence-corrected chi connectivity index (χ1v) is 11.5. The summed E-state index contributed by atoms with van der Waals surface area (Å²) < 4.78 is 0. The Hall–Kier alpha value is -2.40. The fourth-order valence-electron chi connectivity index (χ4n) is 4.82. The Morgan fingerprint density at radius 1 is 1.00 bits per heavy atom. The van der Waals surface area contributed by atoms with Crippen molar-refractivity contribution in [2.24, 2.45) is 11.8 Å². The molecule has 0 unspecified atom stereocenters. The fraction of sp³-hybridized carbons (Fsp3) is 0.520. The lowest BCUT2D eigenvalue weighted by atomic mass is 9.90. The number of anilines is 1. The number of hydrogen-bond acceptors (Lipinski definition) is 4. The Bertz CT molecular complexity index is 774. The number of piperidine rings is 2. The van der Waals surface area contributed by atoms with Gasteiger partial charge in [-0.1, -0.05) is 30.3 Å². The molecule has 2 fully saturated rings. The second-order valence-corrected chi connectivity index (χ2v) is 8.76. The van der Waals surface area contributed by atoms with Crippen molar-refractivity contribution in [2.45, 2.75) is 32.1 Å². The Kier molecular flexibility index (Phi) is 7.35. The van der Waals surface area contributed by atoms with Gasteiger partial charge in [0.05, 0.1) is 5.92 Å². The summed E-state index contributed by atoms with van der Waals surface area (Å²) in [7, 11) is 0. The molecule has 1 N–H and O–H groups in total. The first kappa shape index (κ1) is 20.9. The zero-order chi connectivity index (χ0) is 20.6. The number of aromatic nitrogens is 1. The summed E-state index contributed by atoms with van der Waals surface area (Å²) in [6, 6.07) is 14.9. The molecule has 2 aliphatic heterocycles. The van der Waals surface area contributed by atoms with Gasteiger partial charge in [0.2, 0.25) is 5.91 Å². The second kappa shape index (κ2) is 10.6. The molecule has 1 aromatic carbocycles. The maximum absolute atomic E-state index is 12.7. The van der Waals surface area contributed by atoms with Gasteiger partial charge >= 0.3 is 0 Å². The average molecular weight is 407 g/mol. The molecular weight excluding hydrogens is 372 g/mol. The molecule has 5 nitrogen and oxygen atoms in total. The molecule has 3 heterocycles. The van der Waals surface area contributed by atoms with E-state index in [9.17, 15) is 4.79 Å². The van der Waals surface area contributed by atoms with Crippen molar-refractivity contribution >= 4 is 11.6 Å². The van der Waals surface area contributed by atoms with E-state index < -0.39 is 0 Å². The Labute approximate surface area is 180 Å². The molecule has 1 atom stereocenters. The van der Waals surface area contributed by atoms with Gasteiger partial charge in [-0.2, -0.15) is 0 Å². The zero-order valence-electron chi connectivity index (χ0n) is 17.9. The Morgan fingerprint density at radius 3 is 2.53 bits per heavy atom. The van der Waals surface area contributed by atoms with E-state index in [4.69, 9.17) is 0 Å². The van der Waals surface area contributed by atoms with Gasteiger partial charge in [-0.25, -0.2) is 0 Å². The minimum atomic E-state index is 0.0866. The summed E-state index contributed by atoms with van der Waals surface area (Å²) in [5.74, 6) is 1.09. The van der Waals surface area contributed by atoms with Crippen molar-refractivity contribution in [3.8, 4) is 0 Å². The lowest BCUT2D eigenvalue weighted by molar-refractivity contribution is -0.125. The van der Waals surface area contributed by atoms with Crippen LogP contribution in [0, 0.1) is 11.8 Å². The van der Waals surface area contributed by atoms with Gasteiger partial charge in [-0.15, -0.1) is 0 Å². The quantitative estimate of drug-likeness (QED) is 0.766. The molecule has 0 aliphatic carbocycles. The smallest absolute Gasteiger partial charge is 0.224 e. The third kappa shape index (κ3) is 5.82. The molecule has 0 radical (unpaired) electrons. The average Bonchev–Trinajstić information content (AvgIpc) is 2.81. The number of nitrogens with zero attached hydrogens (tertiary/aromatic N) is 3. The zero-order valence-corrected chi connectivity index (χ0v) is 17.9. The Balaban J connectivity index is 1.15. The highest BCUT2D eigenvalue weighted by molar-refractivity contribution is 5.79. The molecule has 0 saturated carbocycles. The Morgan fingerprint density at radius 2 is 1.77 bits per heavy atom. The number of carbonyl (C=O) groups excluding carboxylic acids is 1. The number of likely N-dealkylation sites (tertiary alicyclic amines) is 1. The third-order valence-corrected chi connectivity index (χ3v) is 6.62. The van der Waals surface area contributed by atoms with Gasteiger partial charge < -0.3 is 15.1 Å². The van der Waals surface area contributed by atoms with Crippen LogP contribution in [0.3, 0.4) is 0 Å². The predicted octanol–water partition coefficient (Wildman–Crippen LogP) is 3.37. The standard InChI is InChI=1S/C25H34N4O/c30-25(23-7-4-15-29(20-23)24-8-12-26-13-9-24)27-14-18-28-16-10-22(11-17-28)19-21-5-2-1-3-6-21/h1-3,5-6,8-9,12-13,22-23H,4,7,10-11,14-20H2,(H,27,30)/t23-/m0/s1. The molecule has 1 aromatic heterocycles. The molecule has 0 bridgehead atoms. The summed E-state index contributed by atoms with van der Waals surface area (Å²) in [4.78, 5) is 21.6. The van der Waals surface area contributed by atoms with Gasteiger partial charge in [0.25, 0.3) is 0 Å². The number of benzene rings is 1. The SMILES string of the molecule is O=C(NCCN1CCC(Cc2ccccc2)CC1)[C@H]1CCCN(c2ccncc2)C1. The highest BCUT2D eigenvalue weighted by atomic mass is 16.1. The minimum Gasteiger partial charge on any atom is -0.371 e. The normalized spacial score (nSPS) is 20.8. The highest BCUT2D eigenvalue weighted by Gasteiger charge is 2.26. The van der Waals surface area contributed by atoms with Crippen molar-refractivity contribution in [1.29, 1.82) is 0 Å². The summed E-state index contributed by atoms with van der Waals surface area (Å²) in [5, 5.41) is 3.20. The first-order valence-electron chi connectivity index (χ1n) is 11.5. The van der Waals surface area contributed by atoms with E-state index in [1.165, 1.54) is 30.5 Å². The molecular formula is C25H34N4O. The van der Waals surface area contributed by atoms with Crippen LogP contribution in [0.4, 0.5) is 5.69 Å². The van der Waals surface area contributed by atoms with Crippen molar-refractivity contribution in [1.82, 2.24) is 15.2 Å². The highest BCUT2D eigenvalue weighted by Crippen LogP contribution is 2.23. The summed E-state index contributed by atoms with van der Waals surface area (Å²) in [6.07, 6.45) is 9.40. The van der Waals surface area contributed by atoms with Crippen LogP contribution in [-0.2, 0) is 11.2 Å². The van der Waals surface area contributed by atoms with Crippen molar-refractivity contribution in [3.05, 3.63) is 60.4 Å². The summed E-state index contributed by atoms with van der Waals surface area (Å²) >= 11 is 0. The van der Waals surface area contributed by atoms with Crippen LogP contribution in [-0.4, -0.2) is 55.1 Å². The van der Waals surface area contributed by atoms with Crippen LogP contribution in [0.15, 0.2) is 54.9 Å². The van der Waals surface area contributed by atoms with Crippen LogP contribution in [0.25, 0.3) is 0 Å². The van der Waals surface area contributed by atoms with Crippen LogP contribution in [0.5, 0.6) is 0 Å². The molecule has 5 heteroatoms. The van der Waals surface area contributed by atoms with Crippen LogP contribution in [0.1, 0.15) is 31.2 Å². The summed E-state index contributed by atoms with van der Waals surface area (Å²) in [6.45, 7) is 5.84. The third-order valence-electron chi connectivity index (χ3n) is 6.62. The molecule has 1 amide bonds. The van der Waals surface area contributed by atoms with Crippen LogP contribution in [0.2, 0.25) is 0 Å². The van der Waals surface area contributed by atoms with E-state index in [1.807, 2.05) is 24.5 Å². The van der Waals surface area contributed by atoms with Gasteiger partial charge in [0.1, 0.15) is 0 Å². The molecule has 160 valence electrons. The van der Waals surface area contributed by atoms with Crippen molar-refractivity contribution in [3.63, 3.8) is 0 Å².